The van der Waals surface area contributed by atoms with Gasteiger partial charge in [-0.2, -0.15) is 0 Å². The lowest BCUT2D eigenvalue weighted by Crippen LogP contribution is -2.05. The Balaban J connectivity index is 2.20. The minimum absolute atomic E-state index is 0.0108. The first-order valence-corrected chi connectivity index (χ1v) is 7.10. The Morgan fingerprint density at radius 3 is 2.10 bits per heavy atom. The van der Waals surface area contributed by atoms with Crippen molar-refractivity contribution >= 4 is 5.69 Å². The van der Waals surface area contributed by atoms with Crippen LogP contribution in [0.15, 0.2) is 42.5 Å². The lowest BCUT2D eigenvalue weighted by Gasteiger charge is -2.18. The predicted molar refractivity (Wildman–Crippen MR) is 85.2 cm³/mol. The summed E-state index contributed by atoms with van der Waals surface area (Å²) < 4.78 is 6.12. The molecule has 0 aliphatic carbocycles. The zero-order chi connectivity index (χ0) is 14.7. The largest absolute Gasteiger partial charge is 0.486 e. The fraction of sp³-hybridized carbons (Fsp3) is 0.333. The van der Waals surface area contributed by atoms with E-state index in [0.29, 0.717) is 5.92 Å². The van der Waals surface area contributed by atoms with Gasteiger partial charge in [0.05, 0.1) is 0 Å². The van der Waals surface area contributed by atoms with Gasteiger partial charge in [-0.15, -0.1) is 0 Å². The maximum atomic E-state index is 6.12. The highest BCUT2D eigenvalue weighted by Crippen LogP contribution is 2.28. The van der Waals surface area contributed by atoms with Crippen LogP contribution in [0.25, 0.3) is 0 Å². The van der Waals surface area contributed by atoms with Crippen LogP contribution in [0.1, 0.15) is 49.5 Å². The minimum atomic E-state index is 0.0108. The van der Waals surface area contributed by atoms with Crippen molar-refractivity contribution in [1.29, 1.82) is 0 Å². The van der Waals surface area contributed by atoms with E-state index >= 15 is 0 Å². The van der Waals surface area contributed by atoms with Crippen molar-refractivity contribution in [3.8, 4) is 5.75 Å². The Morgan fingerprint density at radius 2 is 1.50 bits per heavy atom. The summed E-state index contributed by atoms with van der Waals surface area (Å²) in [4.78, 5) is 0. The molecule has 0 spiro atoms. The van der Waals surface area contributed by atoms with Crippen LogP contribution in [0.2, 0.25) is 0 Å². The maximum Gasteiger partial charge on any atom is 0.123 e. The molecule has 0 amide bonds. The average molecular weight is 269 g/mol. The van der Waals surface area contributed by atoms with Crippen LogP contribution in [-0.2, 0) is 0 Å². The van der Waals surface area contributed by atoms with Crippen LogP contribution < -0.4 is 10.5 Å². The van der Waals surface area contributed by atoms with Gasteiger partial charge in [0.25, 0.3) is 0 Å². The molecule has 0 aromatic heterocycles. The smallest absolute Gasteiger partial charge is 0.123 e. The Labute approximate surface area is 121 Å². The van der Waals surface area contributed by atoms with Crippen LogP contribution in [-0.4, -0.2) is 0 Å². The quantitative estimate of drug-likeness (QED) is 0.806. The SMILES string of the molecule is Cc1ccc(C(C)C)cc1OC(C)c1ccc(N)cc1. The van der Waals surface area contributed by atoms with E-state index in [4.69, 9.17) is 10.5 Å². The normalized spacial score (nSPS) is 12.4. The van der Waals surface area contributed by atoms with Crippen molar-refractivity contribution in [2.75, 3.05) is 5.73 Å². The van der Waals surface area contributed by atoms with Crippen molar-refractivity contribution in [2.24, 2.45) is 0 Å². The molecule has 0 saturated carbocycles. The highest BCUT2D eigenvalue weighted by molar-refractivity contribution is 5.41. The summed E-state index contributed by atoms with van der Waals surface area (Å²) in [5.41, 5.74) is 10.1. The number of benzene rings is 2. The van der Waals surface area contributed by atoms with Gasteiger partial charge < -0.3 is 10.5 Å². The number of hydrogen-bond acceptors (Lipinski definition) is 2. The number of nitrogens with two attached hydrogens (primary N) is 1. The molecular weight excluding hydrogens is 246 g/mol. The molecule has 20 heavy (non-hydrogen) atoms. The van der Waals surface area contributed by atoms with Gasteiger partial charge in [0.1, 0.15) is 11.9 Å². The van der Waals surface area contributed by atoms with Crippen molar-refractivity contribution in [3.05, 3.63) is 59.2 Å². The topological polar surface area (TPSA) is 35.2 Å². The van der Waals surface area contributed by atoms with Gasteiger partial charge in [-0.1, -0.05) is 38.1 Å². The summed E-state index contributed by atoms with van der Waals surface area (Å²) in [6.07, 6.45) is 0.0108. The average Bonchev–Trinajstić information content (AvgIpc) is 2.41. The third-order valence-electron chi connectivity index (χ3n) is 3.59. The molecule has 0 saturated heterocycles. The van der Waals surface area contributed by atoms with Crippen molar-refractivity contribution in [2.45, 2.75) is 39.7 Å². The molecule has 2 N–H and O–H groups in total. The predicted octanol–water partition coefficient (Wildman–Crippen LogP) is 4.84. The number of aryl methyl sites for hydroxylation is 1. The molecule has 0 aliphatic rings. The molecule has 0 fully saturated rings. The third-order valence-corrected chi connectivity index (χ3v) is 3.59. The maximum absolute atomic E-state index is 6.12. The lowest BCUT2D eigenvalue weighted by molar-refractivity contribution is 0.225. The monoisotopic (exact) mass is 269 g/mol. The van der Waals surface area contributed by atoms with E-state index in [2.05, 4.69) is 45.9 Å². The zero-order valence-corrected chi connectivity index (χ0v) is 12.7. The van der Waals surface area contributed by atoms with E-state index in [1.54, 1.807) is 0 Å². The second-order valence-corrected chi connectivity index (χ2v) is 5.61. The number of hydrogen-bond donors (Lipinski definition) is 1. The highest BCUT2D eigenvalue weighted by Gasteiger charge is 2.10. The zero-order valence-electron chi connectivity index (χ0n) is 12.7. The number of ether oxygens (including phenoxy) is 1. The van der Waals surface area contributed by atoms with Gasteiger partial charge in [0, 0.05) is 5.69 Å². The standard InChI is InChI=1S/C18H23NO/c1-12(2)16-6-5-13(3)18(11-16)20-14(4)15-7-9-17(19)10-8-15/h5-12,14H,19H2,1-4H3. The summed E-state index contributed by atoms with van der Waals surface area (Å²) in [6, 6.07) is 14.3. The second kappa shape index (κ2) is 6.00. The fourth-order valence-electron chi connectivity index (χ4n) is 2.13. The molecule has 2 aromatic carbocycles. The van der Waals surface area contributed by atoms with E-state index in [1.165, 1.54) is 5.56 Å². The third kappa shape index (κ3) is 3.32. The molecule has 2 heteroatoms. The fourth-order valence-corrected chi connectivity index (χ4v) is 2.13. The summed E-state index contributed by atoms with van der Waals surface area (Å²) in [5.74, 6) is 1.46. The van der Waals surface area contributed by atoms with E-state index in [-0.39, 0.29) is 6.10 Å². The van der Waals surface area contributed by atoms with Crippen LogP contribution in [0.3, 0.4) is 0 Å². The molecule has 2 rings (SSSR count). The number of rotatable bonds is 4. The van der Waals surface area contributed by atoms with Crippen LogP contribution in [0.5, 0.6) is 5.75 Å². The molecule has 1 unspecified atom stereocenters. The van der Waals surface area contributed by atoms with Gasteiger partial charge in [0.2, 0.25) is 0 Å². The first-order chi connectivity index (χ1) is 9.47. The molecular formula is C18H23NO. The van der Waals surface area contributed by atoms with Crippen molar-refractivity contribution in [3.63, 3.8) is 0 Å². The Morgan fingerprint density at radius 1 is 0.900 bits per heavy atom. The van der Waals surface area contributed by atoms with Crippen LogP contribution >= 0.6 is 0 Å². The molecule has 2 nitrogen and oxygen atoms in total. The van der Waals surface area contributed by atoms with E-state index < -0.39 is 0 Å². The van der Waals surface area contributed by atoms with E-state index in [1.807, 2.05) is 24.3 Å². The van der Waals surface area contributed by atoms with E-state index in [0.717, 1.165) is 22.6 Å². The van der Waals surface area contributed by atoms with Crippen LogP contribution in [0.4, 0.5) is 5.69 Å². The van der Waals surface area contributed by atoms with Gasteiger partial charge >= 0.3 is 0 Å². The number of anilines is 1. The van der Waals surface area contributed by atoms with Crippen molar-refractivity contribution < 1.29 is 4.74 Å². The minimum Gasteiger partial charge on any atom is -0.486 e. The lowest BCUT2D eigenvalue weighted by atomic mass is 10.0. The summed E-state index contributed by atoms with van der Waals surface area (Å²) >= 11 is 0. The van der Waals surface area contributed by atoms with Gasteiger partial charge in [-0.3, -0.25) is 0 Å². The number of nitrogen functional groups attached to an aromatic ring is 1. The molecule has 2 aromatic rings. The van der Waals surface area contributed by atoms with Gasteiger partial charge in [0.15, 0.2) is 0 Å². The van der Waals surface area contributed by atoms with Crippen LogP contribution in [0, 0.1) is 6.92 Å². The first-order valence-electron chi connectivity index (χ1n) is 7.10. The molecule has 0 heterocycles. The van der Waals surface area contributed by atoms with E-state index in [9.17, 15) is 0 Å². The van der Waals surface area contributed by atoms with Gasteiger partial charge in [-0.05, 0) is 54.7 Å². The first kappa shape index (κ1) is 14.4. The second-order valence-electron chi connectivity index (χ2n) is 5.61. The van der Waals surface area contributed by atoms with Crippen molar-refractivity contribution in [1.82, 2.24) is 0 Å². The van der Waals surface area contributed by atoms with Gasteiger partial charge in [-0.25, -0.2) is 0 Å². The Hall–Kier alpha value is -1.96. The molecule has 0 radical (unpaired) electrons. The molecule has 106 valence electrons. The summed E-state index contributed by atoms with van der Waals surface area (Å²) in [7, 11) is 0. The molecule has 0 bridgehead atoms. The molecule has 1 atom stereocenters. The Bertz CT molecular complexity index is 572. The molecule has 0 aliphatic heterocycles. The summed E-state index contributed by atoms with van der Waals surface area (Å²) in [5, 5.41) is 0. The summed E-state index contributed by atoms with van der Waals surface area (Å²) in [6.45, 7) is 8.53. The Kier molecular flexibility index (Phi) is 4.33. The highest BCUT2D eigenvalue weighted by atomic mass is 16.5.